The van der Waals surface area contributed by atoms with Gasteiger partial charge in [0.1, 0.15) is 11.7 Å². The van der Waals surface area contributed by atoms with Gasteiger partial charge >= 0.3 is 0 Å². The summed E-state index contributed by atoms with van der Waals surface area (Å²) in [5.41, 5.74) is 8.08. The van der Waals surface area contributed by atoms with Gasteiger partial charge in [0, 0.05) is 18.8 Å². The summed E-state index contributed by atoms with van der Waals surface area (Å²) in [7, 11) is 0. The van der Waals surface area contributed by atoms with Crippen LogP contribution in [0, 0.1) is 17.7 Å². The maximum Gasteiger partial charge on any atom is 0.139 e. The van der Waals surface area contributed by atoms with Gasteiger partial charge < -0.3 is 10.6 Å². The van der Waals surface area contributed by atoms with Crippen LogP contribution in [0.15, 0.2) is 12.1 Å². The van der Waals surface area contributed by atoms with Crippen LogP contribution < -0.4 is 10.6 Å². The van der Waals surface area contributed by atoms with Crippen LogP contribution in [0.5, 0.6) is 0 Å². The Bertz CT molecular complexity index is 507. The number of nitrogens with zero attached hydrogens (tertiary/aromatic N) is 2. The number of nitrogen functional groups attached to an aromatic ring is 1. The second-order valence-electron chi connectivity index (χ2n) is 6.43. The molecule has 2 aliphatic rings. The standard InChI is InChI=1S/C16H24N4/c1-12-4-5-13(14(17)18)15(19-12)20-10-8-16(9-11-20)6-2-3-7-16/h4-5H,2-3,6-11H2,1H3,(H3,17,18). The van der Waals surface area contributed by atoms with Crippen LogP contribution in [0.3, 0.4) is 0 Å². The molecule has 2 fully saturated rings. The molecule has 0 unspecified atom stereocenters. The number of pyridine rings is 1. The monoisotopic (exact) mass is 272 g/mol. The zero-order chi connectivity index (χ0) is 14.2. The van der Waals surface area contributed by atoms with Gasteiger partial charge in [-0.15, -0.1) is 0 Å². The number of hydrogen-bond donors (Lipinski definition) is 2. The highest BCUT2D eigenvalue weighted by Gasteiger charge is 2.37. The van der Waals surface area contributed by atoms with Gasteiger partial charge in [0.2, 0.25) is 0 Å². The van der Waals surface area contributed by atoms with E-state index >= 15 is 0 Å². The number of hydrogen-bond acceptors (Lipinski definition) is 3. The lowest BCUT2D eigenvalue weighted by atomic mass is 9.77. The van der Waals surface area contributed by atoms with Crippen molar-refractivity contribution in [3.63, 3.8) is 0 Å². The fourth-order valence-electron chi connectivity index (χ4n) is 3.81. The van der Waals surface area contributed by atoms with E-state index in [-0.39, 0.29) is 5.84 Å². The second kappa shape index (κ2) is 5.08. The molecule has 2 heterocycles. The maximum absolute atomic E-state index is 7.74. The first-order valence-electron chi connectivity index (χ1n) is 7.67. The molecule has 1 aromatic heterocycles. The number of amidine groups is 1. The number of aryl methyl sites for hydroxylation is 1. The fourth-order valence-corrected chi connectivity index (χ4v) is 3.81. The molecule has 0 aromatic carbocycles. The molecule has 1 aromatic rings. The lowest BCUT2D eigenvalue weighted by molar-refractivity contribution is 0.226. The summed E-state index contributed by atoms with van der Waals surface area (Å²) in [6, 6.07) is 3.86. The summed E-state index contributed by atoms with van der Waals surface area (Å²) < 4.78 is 0. The van der Waals surface area contributed by atoms with Gasteiger partial charge in [-0.05, 0) is 50.2 Å². The molecular formula is C16H24N4. The highest BCUT2D eigenvalue weighted by atomic mass is 15.2. The molecule has 1 saturated carbocycles. The van der Waals surface area contributed by atoms with Crippen molar-refractivity contribution < 1.29 is 0 Å². The average molecular weight is 272 g/mol. The number of nitrogens with two attached hydrogens (primary N) is 1. The first-order chi connectivity index (χ1) is 9.60. The molecule has 20 heavy (non-hydrogen) atoms. The number of anilines is 1. The van der Waals surface area contributed by atoms with E-state index in [1.807, 2.05) is 19.1 Å². The lowest BCUT2D eigenvalue weighted by Crippen LogP contribution is -2.40. The minimum absolute atomic E-state index is 0.119. The molecule has 1 aliphatic heterocycles. The van der Waals surface area contributed by atoms with Crippen LogP contribution in [-0.4, -0.2) is 23.9 Å². The minimum Gasteiger partial charge on any atom is -0.384 e. The number of nitrogens with one attached hydrogen (secondary N) is 1. The molecule has 3 N–H and O–H groups in total. The molecule has 0 bridgehead atoms. The Hall–Kier alpha value is -1.58. The number of rotatable bonds is 2. The van der Waals surface area contributed by atoms with E-state index < -0.39 is 0 Å². The third kappa shape index (κ3) is 2.39. The quantitative estimate of drug-likeness (QED) is 0.642. The highest BCUT2D eigenvalue weighted by Crippen LogP contribution is 2.46. The van der Waals surface area contributed by atoms with E-state index in [1.165, 1.54) is 38.5 Å². The van der Waals surface area contributed by atoms with Crippen LogP contribution in [0.25, 0.3) is 0 Å². The Labute approximate surface area is 120 Å². The summed E-state index contributed by atoms with van der Waals surface area (Å²) in [5.74, 6) is 1.03. The molecule has 0 atom stereocenters. The molecule has 108 valence electrons. The largest absolute Gasteiger partial charge is 0.384 e. The minimum atomic E-state index is 0.119. The summed E-state index contributed by atoms with van der Waals surface area (Å²) in [5, 5.41) is 7.74. The maximum atomic E-state index is 7.74. The molecule has 3 rings (SSSR count). The van der Waals surface area contributed by atoms with E-state index in [2.05, 4.69) is 9.88 Å². The van der Waals surface area contributed by atoms with Gasteiger partial charge in [0.25, 0.3) is 0 Å². The zero-order valence-electron chi connectivity index (χ0n) is 12.3. The SMILES string of the molecule is Cc1ccc(C(=N)N)c(N2CCC3(CCCC3)CC2)n1. The van der Waals surface area contributed by atoms with E-state index in [4.69, 9.17) is 11.1 Å². The highest BCUT2D eigenvalue weighted by molar-refractivity contribution is 5.99. The first-order valence-corrected chi connectivity index (χ1v) is 7.67. The Balaban J connectivity index is 1.80. The van der Waals surface area contributed by atoms with Gasteiger partial charge in [-0.3, -0.25) is 5.41 Å². The molecule has 1 aliphatic carbocycles. The van der Waals surface area contributed by atoms with Crippen LogP contribution in [-0.2, 0) is 0 Å². The van der Waals surface area contributed by atoms with Crippen molar-refractivity contribution in [2.45, 2.75) is 45.4 Å². The molecule has 0 amide bonds. The smallest absolute Gasteiger partial charge is 0.139 e. The predicted molar refractivity (Wildman–Crippen MR) is 82.3 cm³/mol. The Morgan fingerprint density at radius 1 is 1.20 bits per heavy atom. The average Bonchev–Trinajstić information content (AvgIpc) is 2.87. The summed E-state index contributed by atoms with van der Waals surface area (Å²) in [6.07, 6.45) is 8.14. The Kier molecular flexibility index (Phi) is 3.40. The van der Waals surface area contributed by atoms with Gasteiger partial charge in [-0.1, -0.05) is 12.8 Å². The number of aromatic nitrogens is 1. The van der Waals surface area contributed by atoms with Gasteiger partial charge in [0.15, 0.2) is 0 Å². The Morgan fingerprint density at radius 3 is 2.45 bits per heavy atom. The number of piperidine rings is 1. The molecule has 1 saturated heterocycles. The third-order valence-electron chi connectivity index (χ3n) is 5.09. The molecular weight excluding hydrogens is 248 g/mol. The van der Waals surface area contributed by atoms with Crippen LogP contribution in [0.2, 0.25) is 0 Å². The van der Waals surface area contributed by atoms with Crippen molar-refractivity contribution in [3.8, 4) is 0 Å². The van der Waals surface area contributed by atoms with E-state index in [9.17, 15) is 0 Å². The zero-order valence-corrected chi connectivity index (χ0v) is 12.3. The molecule has 4 heteroatoms. The van der Waals surface area contributed by atoms with Gasteiger partial charge in [-0.25, -0.2) is 4.98 Å². The molecule has 1 spiro atoms. The predicted octanol–water partition coefficient (Wildman–Crippen LogP) is 2.83. The molecule has 4 nitrogen and oxygen atoms in total. The first kappa shape index (κ1) is 13.4. The second-order valence-corrected chi connectivity index (χ2v) is 6.43. The van der Waals surface area contributed by atoms with Crippen LogP contribution in [0.4, 0.5) is 5.82 Å². The third-order valence-corrected chi connectivity index (χ3v) is 5.09. The van der Waals surface area contributed by atoms with Crippen molar-refractivity contribution >= 4 is 11.7 Å². The topological polar surface area (TPSA) is 66.0 Å². The van der Waals surface area contributed by atoms with Crippen molar-refractivity contribution in [3.05, 3.63) is 23.4 Å². The Morgan fingerprint density at radius 2 is 1.85 bits per heavy atom. The van der Waals surface area contributed by atoms with Gasteiger partial charge in [0.05, 0.1) is 5.56 Å². The van der Waals surface area contributed by atoms with Gasteiger partial charge in [-0.2, -0.15) is 0 Å². The summed E-state index contributed by atoms with van der Waals surface area (Å²) >= 11 is 0. The summed E-state index contributed by atoms with van der Waals surface area (Å²) in [4.78, 5) is 6.96. The van der Waals surface area contributed by atoms with Crippen molar-refractivity contribution in [1.82, 2.24) is 4.98 Å². The molecule has 0 radical (unpaired) electrons. The normalized spacial score (nSPS) is 21.4. The lowest BCUT2D eigenvalue weighted by Gasteiger charge is -2.40. The van der Waals surface area contributed by atoms with E-state index in [0.717, 1.165) is 30.2 Å². The fraction of sp³-hybridized carbons (Fsp3) is 0.625. The van der Waals surface area contributed by atoms with Crippen molar-refractivity contribution in [2.75, 3.05) is 18.0 Å². The van der Waals surface area contributed by atoms with Crippen LogP contribution >= 0.6 is 0 Å². The van der Waals surface area contributed by atoms with Crippen molar-refractivity contribution in [2.24, 2.45) is 11.1 Å². The van der Waals surface area contributed by atoms with E-state index in [1.54, 1.807) is 0 Å². The summed E-state index contributed by atoms with van der Waals surface area (Å²) in [6.45, 7) is 4.10. The van der Waals surface area contributed by atoms with E-state index in [0.29, 0.717) is 5.41 Å². The van der Waals surface area contributed by atoms with Crippen molar-refractivity contribution in [1.29, 1.82) is 5.41 Å². The van der Waals surface area contributed by atoms with Crippen LogP contribution in [0.1, 0.15) is 49.8 Å².